The maximum atomic E-state index is 2.40. The summed E-state index contributed by atoms with van der Waals surface area (Å²) in [5.74, 6) is 0. The summed E-state index contributed by atoms with van der Waals surface area (Å²) < 4.78 is 0. The molecular formula is C58H56N2. The molecule has 0 radical (unpaired) electrons. The molecule has 0 saturated heterocycles. The van der Waals surface area contributed by atoms with E-state index in [0.717, 1.165) is 34.1 Å². The Kier molecular flexibility index (Phi) is 11.1. The summed E-state index contributed by atoms with van der Waals surface area (Å²) in [5, 5.41) is 0. The molecule has 0 spiro atoms. The van der Waals surface area contributed by atoms with Gasteiger partial charge in [0.05, 0.1) is 0 Å². The fourth-order valence-corrected chi connectivity index (χ4v) is 9.32. The van der Waals surface area contributed by atoms with Crippen molar-refractivity contribution < 1.29 is 0 Å². The lowest BCUT2D eigenvalue weighted by Crippen LogP contribution is -2.16. The molecule has 0 fully saturated rings. The van der Waals surface area contributed by atoms with Gasteiger partial charge in [0.2, 0.25) is 0 Å². The quantitative estimate of drug-likeness (QED) is 0.159. The lowest BCUT2D eigenvalue weighted by atomic mass is 9.82. The van der Waals surface area contributed by atoms with Crippen molar-refractivity contribution in [2.45, 2.75) is 66.2 Å². The molecule has 10 rings (SSSR count). The summed E-state index contributed by atoms with van der Waals surface area (Å²) in [5.41, 5.74) is 19.9. The predicted molar refractivity (Wildman–Crippen MR) is 259 cm³/mol. The highest BCUT2D eigenvalue weighted by molar-refractivity contribution is 5.88. The Morgan fingerprint density at radius 1 is 0.267 bits per heavy atom. The lowest BCUT2D eigenvalue weighted by molar-refractivity contribution is 0.660. The Morgan fingerprint density at radius 2 is 0.550 bits per heavy atom. The Hall–Kier alpha value is -6.64. The van der Waals surface area contributed by atoms with Crippen molar-refractivity contribution >= 4 is 34.1 Å². The minimum Gasteiger partial charge on any atom is -0.310 e. The number of hydrogen-bond acceptors (Lipinski definition) is 2. The largest absolute Gasteiger partial charge is 0.310 e. The first-order valence-corrected chi connectivity index (χ1v) is 21.7. The van der Waals surface area contributed by atoms with Gasteiger partial charge in [-0.15, -0.1) is 0 Å². The van der Waals surface area contributed by atoms with Crippen LogP contribution in [-0.4, -0.2) is 0 Å². The fourth-order valence-electron chi connectivity index (χ4n) is 9.32. The van der Waals surface area contributed by atoms with Crippen LogP contribution in [0.5, 0.6) is 0 Å². The second kappa shape index (κ2) is 16.5. The fraction of sp³-hybridized carbons (Fsp3) is 0.172. The Morgan fingerprint density at radius 3 is 0.917 bits per heavy atom. The molecule has 2 aliphatic carbocycles. The maximum Gasteiger partial charge on any atom is 0.0465 e. The van der Waals surface area contributed by atoms with E-state index in [4.69, 9.17) is 0 Å². The normalized spacial score (nSPS) is 13.3. The smallest absolute Gasteiger partial charge is 0.0465 e. The Labute approximate surface area is 358 Å². The van der Waals surface area contributed by atoms with Crippen molar-refractivity contribution in [3.63, 3.8) is 0 Å². The van der Waals surface area contributed by atoms with E-state index in [2.05, 4.69) is 232 Å². The molecule has 0 aromatic heterocycles. The van der Waals surface area contributed by atoms with E-state index in [1.807, 2.05) is 27.7 Å². The molecule has 0 amide bonds. The monoisotopic (exact) mass is 780 g/mol. The van der Waals surface area contributed by atoms with Gasteiger partial charge in [0.15, 0.2) is 0 Å². The molecule has 0 saturated carbocycles. The summed E-state index contributed by atoms with van der Waals surface area (Å²) in [6.07, 6.45) is 0. The van der Waals surface area contributed by atoms with Crippen molar-refractivity contribution in [1.82, 2.24) is 0 Å². The van der Waals surface area contributed by atoms with Gasteiger partial charge in [-0.3, -0.25) is 0 Å². The zero-order chi connectivity index (χ0) is 42.0. The number of fused-ring (bicyclic) bond motifs is 6. The third-order valence-electron chi connectivity index (χ3n) is 12.3. The van der Waals surface area contributed by atoms with Crippen molar-refractivity contribution in [3.8, 4) is 33.4 Å². The molecule has 8 aromatic carbocycles. The summed E-state index contributed by atoms with van der Waals surface area (Å²) in [4.78, 5) is 4.75. The van der Waals surface area contributed by atoms with Crippen LogP contribution in [0.1, 0.15) is 77.6 Å². The minimum absolute atomic E-state index is 0.0700. The lowest BCUT2D eigenvalue weighted by Gasteiger charge is -2.28. The van der Waals surface area contributed by atoms with E-state index in [1.54, 1.807) is 0 Å². The van der Waals surface area contributed by atoms with Crippen molar-refractivity contribution in [1.29, 1.82) is 0 Å². The van der Waals surface area contributed by atoms with Crippen molar-refractivity contribution in [2.24, 2.45) is 0 Å². The van der Waals surface area contributed by atoms with E-state index >= 15 is 0 Å². The van der Waals surface area contributed by atoms with E-state index in [9.17, 15) is 0 Å². The molecule has 0 atom stereocenters. The number of anilines is 6. The average molecular weight is 781 g/mol. The first kappa shape index (κ1) is 40.2. The summed E-state index contributed by atoms with van der Waals surface area (Å²) in [7, 11) is 0. The predicted octanol–water partition coefficient (Wildman–Crippen LogP) is 17.0. The first-order valence-electron chi connectivity index (χ1n) is 21.7. The van der Waals surface area contributed by atoms with Gasteiger partial charge in [-0.1, -0.05) is 177 Å². The zero-order valence-electron chi connectivity index (χ0n) is 36.4. The van der Waals surface area contributed by atoms with Crippen LogP contribution in [0.3, 0.4) is 0 Å². The van der Waals surface area contributed by atoms with E-state index < -0.39 is 0 Å². The van der Waals surface area contributed by atoms with Crippen LogP contribution >= 0.6 is 0 Å². The van der Waals surface area contributed by atoms with Crippen LogP contribution in [0.4, 0.5) is 34.1 Å². The van der Waals surface area contributed by atoms with Crippen LogP contribution in [0.25, 0.3) is 33.4 Å². The minimum atomic E-state index is -0.0700. The van der Waals surface area contributed by atoms with Gasteiger partial charge in [-0.05, 0) is 128 Å². The molecule has 0 bridgehead atoms. The van der Waals surface area contributed by atoms with Crippen LogP contribution in [-0.2, 0) is 10.8 Å². The number of benzene rings is 8. The highest BCUT2D eigenvalue weighted by Crippen LogP contribution is 2.52. The Bertz CT molecular complexity index is 2530. The molecule has 2 heteroatoms. The molecule has 0 N–H and O–H groups in total. The second-order valence-electron chi connectivity index (χ2n) is 16.2. The summed E-state index contributed by atoms with van der Waals surface area (Å²) in [6, 6.07) is 71.1. The van der Waals surface area contributed by atoms with E-state index in [1.165, 1.54) is 55.6 Å². The van der Waals surface area contributed by atoms with Gasteiger partial charge in [0.1, 0.15) is 0 Å². The standard InChI is InChI=1S/C54H44N2.2C2H6/c1-53(2)49-21-13-11-19-45(49)47-33-31-43(35-51(47)53)55(39-15-7-5-8-16-39)41-27-23-37(24-28-41)38-25-29-42(30-26-38)56(40-17-9-6-10-18-40)44-32-34-48-46-20-12-14-22-50(46)54(3,4)52(48)36-44;2*1-2/h5-36H,1-4H3;2*1-2H3. The molecule has 0 aliphatic heterocycles. The van der Waals surface area contributed by atoms with Gasteiger partial charge >= 0.3 is 0 Å². The zero-order valence-corrected chi connectivity index (χ0v) is 36.4. The van der Waals surface area contributed by atoms with Crippen molar-refractivity contribution in [3.05, 3.63) is 216 Å². The van der Waals surface area contributed by atoms with Crippen LogP contribution in [0, 0.1) is 0 Å². The number of para-hydroxylation sites is 2. The third-order valence-corrected chi connectivity index (χ3v) is 12.3. The molecule has 0 heterocycles. The molecule has 8 aromatic rings. The van der Waals surface area contributed by atoms with Gasteiger partial charge < -0.3 is 9.80 Å². The Balaban J connectivity index is 0.00000121. The maximum absolute atomic E-state index is 2.40. The SMILES string of the molecule is CC.CC.CC1(C)c2ccccc2-c2ccc(N(c3ccccc3)c3ccc(-c4ccc(N(c5ccccc5)c5ccc6c(c5)C(C)(C)c5ccccc5-6)cc4)cc3)cc21. The summed E-state index contributed by atoms with van der Waals surface area (Å²) in [6.45, 7) is 17.4. The van der Waals surface area contributed by atoms with E-state index in [-0.39, 0.29) is 10.8 Å². The van der Waals surface area contributed by atoms with Crippen LogP contribution in [0.2, 0.25) is 0 Å². The molecule has 2 nitrogen and oxygen atoms in total. The number of nitrogens with zero attached hydrogens (tertiary/aromatic N) is 2. The third kappa shape index (κ3) is 6.90. The topological polar surface area (TPSA) is 6.48 Å². The van der Waals surface area contributed by atoms with Gasteiger partial charge in [-0.25, -0.2) is 0 Å². The van der Waals surface area contributed by atoms with E-state index in [0.29, 0.717) is 0 Å². The second-order valence-corrected chi connectivity index (χ2v) is 16.2. The molecule has 60 heavy (non-hydrogen) atoms. The van der Waals surface area contributed by atoms with Crippen LogP contribution < -0.4 is 9.80 Å². The highest BCUT2D eigenvalue weighted by Gasteiger charge is 2.37. The molecular weight excluding hydrogens is 725 g/mol. The molecule has 0 unspecified atom stereocenters. The van der Waals surface area contributed by atoms with Crippen LogP contribution in [0.15, 0.2) is 194 Å². The average Bonchev–Trinajstić information content (AvgIpc) is 3.68. The van der Waals surface area contributed by atoms with Gasteiger partial charge in [0.25, 0.3) is 0 Å². The summed E-state index contributed by atoms with van der Waals surface area (Å²) >= 11 is 0. The van der Waals surface area contributed by atoms with Gasteiger partial charge in [0, 0.05) is 45.0 Å². The first-order chi connectivity index (χ1) is 29.3. The molecule has 298 valence electrons. The van der Waals surface area contributed by atoms with Crippen molar-refractivity contribution in [2.75, 3.05) is 9.80 Å². The number of rotatable bonds is 7. The van der Waals surface area contributed by atoms with Gasteiger partial charge in [-0.2, -0.15) is 0 Å². The molecule has 2 aliphatic rings. The number of hydrogen-bond donors (Lipinski definition) is 0. The highest BCUT2D eigenvalue weighted by atomic mass is 15.1.